The van der Waals surface area contributed by atoms with Crippen molar-refractivity contribution in [1.29, 1.82) is 0 Å². The molecule has 1 N–H and O–H groups in total. The molecule has 0 amide bonds. The van der Waals surface area contributed by atoms with Gasteiger partial charge in [0.25, 0.3) is 0 Å². The molecule has 0 unspecified atom stereocenters. The van der Waals surface area contributed by atoms with E-state index in [1.165, 1.54) is 21.3 Å². The van der Waals surface area contributed by atoms with Crippen LogP contribution in [0.15, 0.2) is 36.7 Å². The van der Waals surface area contributed by atoms with E-state index in [4.69, 9.17) is 0 Å². The number of thiazole rings is 1. The second kappa shape index (κ2) is 5.77. The number of hydrogen-bond donors (Lipinski definition) is 1. The van der Waals surface area contributed by atoms with Gasteiger partial charge in [-0.25, -0.2) is 4.98 Å². The summed E-state index contributed by atoms with van der Waals surface area (Å²) in [4.78, 5) is 5.65. The standard InChI is InChI=1S/C16H19N3S/c1-3-17-8-13-10-19(11-14-9-18-12(2)20-14)16-7-5-4-6-15(13)16/h4-7,9-10,17H,3,8,11H2,1-2H3. The van der Waals surface area contributed by atoms with Crippen LogP contribution in [0.2, 0.25) is 0 Å². The summed E-state index contributed by atoms with van der Waals surface area (Å²) in [6, 6.07) is 8.61. The monoisotopic (exact) mass is 285 g/mol. The minimum Gasteiger partial charge on any atom is -0.342 e. The Morgan fingerprint density at radius 1 is 1.30 bits per heavy atom. The normalized spacial score (nSPS) is 11.3. The van der Waals surface area contributed by atoms with Crippen molar-refractivity contribution < 1.29 is 0 Å². The van der Waals surface area contributed by atoms with Gasteiger partial charge in [0.15, 0.2) is 0 Å². The van der Waals surface area contributed by atoms with E-state index < -0.39 is 0 Å². The SMILES string of the molecule is CCNCc1cn(Cc2cnc(C)s2)c2ccccc12. The van der Waals surface area contributed by atoms with Crippen molar-refractivity contribution in [3.8, 4) is 0 Å². The molecular weight excluding hydrogens is 266 g/mol. The van der Waals surface area contributed by atoms with Crippen molar-refractivity contribution in [3.05, 3.63) is 52.1 Å². The van der Waals surface area contributed by atoms with Crippen molar-refractivity contribution in [2.24, 2.45) is 0 Å². The third-order valence-corrected chi connectivity index (χ3v) is 4.33. The van der Waals surface area contributed by atoms with E-state index in [0.717, 1.165) is 24.6 Å². The molecule has 20 heavy (non-hydrogen) atoms. The lowest BCUT2D eigenvalue weighted by molar-refractivity contribution is 0.725. The smallest absolute Gasteiger partial charge is 0.0897 e. The highest BCUT2D eigenvalue weighted by Gasteiger charge is 2.09. The molecule has 0 aliphatic heterocycles. The second-order valence-electron chi connectivity index (χ2n) is 4.93. The van der Waals surface area contributed by atoms with Crippen molar-refractivity contribution in [1.82, 2.24) is 14.9 Å². The Morgan fingerprint density at radius 2 is 2.15 bits per heavy atom. The van der Waals surface area contributed by atoms with Crippen molar-refractivity contribution in [2.75, 3.05) is 6.54 Å². The highest BCUT2D eigenvalue weighted by Crippen LogP contribution is 2.23. The number of nitrogens with zero attached hydrogens (tertiary/aromatic N) is 2. The summed E-state index contributed by atoms with van der Waals surface area (Å²) in [5.41, 5.74) is 2.66. The van der Waals surface area contributed by atoms with Crippen LogP contribution in [0, 0.1) is 6.92 Å². The summed E-state index contributed by atoms with van der Waals surface area (Å²) < 4.78 is 2.33. The lowest BCUT2D eigenvalue weighted by Gasteiger charge is -2.02. The number of para-hydroxylation sites is 1. The molecule has 0 saturated carbocycles. The van der Waals surface area contributed by atoms with Gasteiger partial charge in [0, 0.05) is 34.7 Å². The molecule has 0 bridgehead atoms. The maximum Gasteiger partial charge on any atom is 0.0897 e. The number of nitrogens with one attached hydrogen (secondary N) is 1. The number of benzene rings is 1. The first-order valence-electron chi connectivity index (χ1n) is 6.96. The summed E-state index contributed by atoms with van der Waals surface area (Å²) in [5, 5.41) is 5.89. The van der Waals surface area contributed by atoms with E-state index in [2.05, 4.69) is 59.2 Å². The fraction of sp³-hybridized carbons (Fsp3) is 0.312. The maximum atomic E-state index is 4.34. The molecule has 0 aliphatic rings. The molecule has 1 aromatic carbocycles. The predicted octanol–water partition coefficient (Wildman–Crippen LogP) is 3.56. The summed E-state index contributed by atoms with van der Waals surface area (Å²) in [5.74, 6) is 0. The minimum atomic E-state index is 0.901. The van der Waals surface area contributed by atoms with Crippen molar-refractivity contribution in [3.63, 3.8) is 0 Å². The average Bonchev–Trinajstić information content (AvgIpc) is 3.02. The van der Waals surface area contributed by atoms with Crippen LogP contribution in [0.3, 0.4) is 0 Å². The van der Waals surface area contributed by atoms with Gasteiger partial charge in [-0.05, 0) is 25.1 Å². The average molecular weight is 285 g/mol. The fourth-order valence-electron chi connectivity index (χ4n) is 2.50. The summed E-state index contributed by atoms with van der Waals surface area (Å²) >= 11 is 1.77. The molecule has 0 fully saturated rings. The minimum absolute atomic E-state index is 0.901. The van der Waals surface area contributed by atoms with Gasteiger partial charge >= 0.3 is 0 Å². The molecule has 3 aromatic rings. The van der Waals surface area contributed by atoms with Crippen LogP contribution in [-0.2, 0) is 13.1 Å². The van der Waals surface area contributed by atoms with Crippen molar-refractivity contribution in [2.45, 2.75) is 26.9 Å². The predicted molar refractivity (Wildman–Crippen MR) is 85.3 cm³/mol. The summed E-state index contributed by atoms with van der Waals surface area (Å²) in [6.45, 7) is 7.01. The summed E-state index contributed by atoms with van der Waals surface area (Å²) in [7, 11) is 0. The number of fused-ring (bicyclic) bond motifs is 1. The molecule has 104 valence electrons. The Morgan fingerprint density at radius 3 is 2.90 bits per heavy atom. The molecule has 2 heterocycles. The topological polar surface area (TPSA) is 29.9 Å². The highest BCUT2D eigenvalue weighted by atomic mass is 32.1. The van der Waals surface area contributed by atoms with Gasteiger partial charge < -0.3 is 9.88 Å². The highest BCUT2D eigenvalue weighted by molar-refractivity contribution is 7.11. The van der Waals surface area contributed by atoms with Crippen LogP contribution in [0.25, 0.3) is 10.9 Å². The van der Waals surface area contributed by atoms with Gasteiger partial charge in [0.2, 0.25) is 0 Å². The Kier molecular flexibility index (Phi) is 3.85. The Balaban J connectivity index is 1.97. The molecule has 4 heteroatoms. The van der Waals surface area contributed by atoms with Crippen molar-refractivity contribution >= 4 is 22.2 Å². The molecule has 3 rings (SSSR count). The third-order valence-electron chi connectivity index (χ3n) is 3.43. The van der Waals surface area contributed by atoms with Gasteiger partial charge in [-0.1, -0.05) is 25.1 Å². The van der Waals surface area contributed by atoms with E-state index in [1.54, 1.807) is 11.3 Å². The van der Waals surface area contributed by atoms with Crippen LogP contribution in [0.1, 0.15) is 22.4 Å². The molecule has 0 aliphatic carbocycles. The zero-order chi connectivity index (χ0) is 13.9. The zero-order valence-corrected chi connectivity index (χ0v) is 12.7. The number of aromatic nitrogens is 2. The lowest BCUT2D eigenvalue weighted by atomic mass is 10.2. The van der Waals surface area contributed by atoms with Gasteiger partial charge in [-0.2, -0.15) is 0 Å². The zero-order valence-electron chi connectivity index (χ0n) is 11.9. The van der Waals surface area contributed by atoms with Crippen LogP contribution >= 0.6 is 11.3 Å². The maximum absolute atomic E-state index is 4.34. The Bertz CT molecular complexity index is 711. The van der Waals surface area contributed by atoms with Crippen LogP contribution < -0.4 is 5.32 Å². The van der Waals surface area contributed by atoms with Crippen LogP contribution in [0.5, 0.6) is 0 Å². The van der Waals surface area contributed by atoms with E-state index in [9.17, 15) is 0 Å². The van der Waals surface area contributed by atoms with E-state index >= 15 is 0 Å². The van der Waals surface area contributed by atoms with E-state index in [-0.39, 0.29) is 0 Å². The number of hydrogen-bond acceptors (Lipinski definition) is 3. The van der Waals surface area contributed by atoms with Gasteiger partial charge in [0.1, 0.15) is 0 Å². The first-order valence-corrected chi connectivity index (χ1v) is 7.78. The lowest BCUT2D eigenvalue weighted by Crippen LogP contribution is -2.11. The second-order valence-corrected chi connectivity index (χ2v) is 6.24. The van der Waals surface area contributed by atoms with E-state index in [1.807, 2.05) is 6.20 Å². The molecule has 0 atom stereocenters. The van der Waals surface area contributed by atoms with E-state index in [0.29, 0.717) is 0 Å². The molecular formula is C16H19N3S. The van der Waals surface area contributed by atoms with Gasteiger partial charge in [-0.3, -0.25) is 0 Å². The number of rotatable bonds is 5. The summed E-state index contributed by atoms with van der Waals surface area (Å²) in [6.07, 6.45) is 4.25. The van der Waals surface area contributed by atoms with Crippen LogP contribution in [0.4, 0.5) is 0 Å². The Hall–Kier alpha value is -1.65. The first-order chi connectivity index (χ1) is 9.78. The molecule has 0 radical (unpaired) electrons. The van der Waals surface area contributed by atoms with Gasteiger partial charge in [0.05, 0.1) is 11.6 Å². The molecule has 2 aromatic heterocycles. The Labute approximate surface area is 123 Å². The molecule has 3 nitrogen and oxygen atoms in total. The first kappa shape index (κ1) is 13.3. The largest absolute Gasteiger partial charge is 0.342 e. The third kappa shape index (κ3) is 2.62. The molecule has 0 spiro atoms. The fourth-order valence-corrected chi connectivity index (χ4v) is 3.29. The quantitative estimate of drug-likeness (QED) is 0.776. The molecule has 0 saturated heterocycles. The van der Waals surface area contributed by atoms with Crippen LogP contribution in [-0.4, -0.2) is 16.1 Å². The van der Waals surface area contributed by atoms with Gasteiger partial charge in [-0.15, -0.1) is 11.3 Å². The number of aryl methyl sites for hydroxylation is 1.